The Hall–Kier alpha value is -1.23. The van der Waals surface area contributed by atoms with Crippen molar-refractivity contribution in [3.63, 3.8) is 0 Å². The van der Waals surface area contributed by atoms with Crippen LogP contribution in [0.25, 0.3) is 0 Å². The van der Waals surface area contributed by atoms with Crippen molar-refractivity contribution in [3.8, 4) is 0 Å². The Kier molecular flexibility index (Phi) is 10.2. The standard InChI is InChI=1S/C15H23F5N6O2S.HI/c1-2-21-14(24-10-12-22-5-8-26(12)13(16)17)23-9-11-3-6-25(7-4-11)29(27,28)15(18,19)20;/h5,8,11,13H,2-4,6-7,9-10H2,1H3,(H2,21,23,24);1H. The van der Waals surface area contributed by atoms with Crippen molar-refractivity contribution < 1.29 is 30.4 Å². The summed E-state index contributed by atoms with van der Waals surface area (Å²) in [6.45, 7) is -0.558. The van der Waals surface area contributed by atoms with E-state index in [1.54, 1.807) is 0 Å². The fourth-order valence-electron chi connectivity index (χ4n) is 2.88. The van der Waals surface area contributed by atoms with Gasteiger partial charge in [0.05, 0.1) is 0 Å². The summed E-state index contributed by atoms with van der Waals surface area (Å²) in [7, 11) is -5.30. The lowest BCUT2D eigenvalue weighted by Gasteiger charge is -2.31. The predicted octanol–water partition coefficient (Wildman–Crippen LogP) is 2.51. The quantitative estimate of drug-likeness (QED) is 0.226. The van der Waals surface area contributed by atoms with E-state index in [2.05, 4.69) is 20.6 Å². The number of hydrogen-bond acceptors (Lipinski definition) is 4. The zero-order valence-corrected chi connectivity index (χ0v) is 19.2. The number of piperidine rings is 1. The lowest BCUT2D eigenvalue weighted by molar-refractivity contribution is -0.0496. The minimum Gasteiger partial charge on any atom is -0.357 e. The maximum Gasteiger partial charge on any atom is 0.511 e. The normalized spacial score (nSPS) is 17.1. The first-order chi connectivity index (χ1) is 13.6. The summed E-state index contributed by atoms with van der Waals surface area (Å²) in [4.78, 5) is 8.03. The van der Waals surface area contributed by atoms with Gasteiger partial charge in [-0.1, -0.05) is 0 Å². The Labute approximate surface area is 188 Å². The number of aliphatic imine (C=N–C) groups is 1. The first-order valence-electron chi connectivity index (χ1n) is 8.94. The van der Waals surface area contributed by atoms with Gasteiger partial charge in [0, 0.05) is 38.6 Å². The SMILES string of the molecule is CCNC(=NCc1nccn1C(F)F)NCC1CCN(S(=O)(=O)C(F)(F)F)CC1.I. The van der Waals surface area contributed by atoms with E-state index in [1.807, 2.05) is 6.92 Å². The maximum atomic E-state index is 12.8. The lowest BCUT2D eigenvalue weighted by Crippen LogP contribution is -2.47. The summed E-state index contributed by atoms with van der Waals surface area (Å²) in [5.74, 6) is 0.381. The Morgan fingerprint density at radius 3 is 2.47 bits per heavy atom. The van der Waals surface area contributed by atoms with Gasteiger partial charge in [-0.2, -0.15) is 26.3 Å². The molecule has 0 aliphatic carbocycles. The molecule has 1 aliphatic heterocycles. The number of nitrogens with zero attached hydrogens (tertiary/aromatic N) is 4. The van der Waals surface area contributed by atoms with Crippen LogP contribution in [0.3, 0.4) is 0 Å². The van der Waals surface area contributed by atoms with Crippen LogP contribution in [0, 0.1) is 5.92 Å². The van der Waals surface area contributed by atoms with Crippen molar-refractivity contribution in [2.75, 3.05) is 26.2 Å². The van der Waals surface area contributed by atoms with Crippen molar-refractivity contribution in [2.45, 2.75) is 38.4 Å². The van der Waals surface area contributed by atoms with Gasteiger partial charge in [0.1, 0.15) is 12.4 Å². The second-order valence-electron chi connectivity index (χ2n) is 6.40. The van der Waals surface area contributed by atoms with E-state index in [-0.39, 0.29) is 68.2 Å². The highest BCUT2D eigenvalue weighted by Gasteiger charge is 2.50. The van der Waals surface area contributed by atoms with Crippen LogP contribution in [0.5, 0.6) is 0 Å². The Morgan fingerprint density at radius 1 is 1.30 bits per heavy atom. The molecule has 1 saturated heterocycles. The second kappa shape index (κ2) is 11.4. The number of halogens is 6. The molecule has 174 valence electrons. The highest BCUT2D eigenvalue weighted by Crippen LogP contribution is 2.30. The molecule has 8 nitrogen and oxygen atoms in total. The van der Waals surface area contributed by atoms with Crippen LogP contribution in [0.1, 0.15) is 32.1 Å². The van der Waals surface area contributed by atoms with Crippen LogP contribution < -0.4 is 10.6 Å². The van der Waals surface area contributed by atoms with E-state index in [4.69, 9.17) is 0 Å². The number of aromatic nitrogens is 2. The van der Waals surface area contributed by atoms with Gasteiger partial charge in [0.15, 0.2) is 5.96 Å². The molecule has 0 bridgehead atoms. The van der Waals surface area contributed by atoms with E-state index in [9.17, 15) is 30.4 Å². The van der Waals surface area contributed by atoms with Crippen molar-refractivity contribution in [1.29, 1.82) is 0 Å². The number of rotatable bonds is 7. The second-order valence-corrected chi connectivity index (χ2v) is 8.33. The molecule has 0 radical (unpaired) electrons. The molecule has 0 atom stereocenters. The van der Waals surface area contributed by atoms with Crippen LogP contribution in [-0.4, -0.2) is 59.9 Å². The summed E-state index contributed by atoms with van der Waals surface area (Å²) < 4.78 is 87.5. The Balaban J connectivity index is 0.00000450. The number of guanidine groups is 1. The monoisotopic (exact) mass is 574 g/mol. The molecule has 0 unspecified atom stereocenters. The molecule has 0 amide bonds. The average Bonchev–Trinajstić information content (AvgIpc) is 3.12. The van der Waals surface area contributed by atoms with Gasteiger partial charge < -0.3 is 10.6 Å². The van der Waals surface area contributed by atoms with Crippen LogP contribution in [0.2, 0.25) is 0 Å². The third-order valence-electron chi connectivity index (χ3n) is 4.45. The summed E-state index contributed by atoms with van der Waals surface area (Å²) in [6, 6.07) is 0. The fraction of sp³-hybridized carbons (Fsp3) is 0.733. The smallest absolute Gasteiger partial charge is 0.357 e. The van der Waals surface area contributed by atoms with Crippen molar-refractivity contribution in [2.24, 2.45) is 10.9 Å². The summed E-state index contributed by atoms with van der Waals surface area (Å²) >= 11 is 0. The minimum atomic E-state index is -5.30. The number of imidazole rings is 1. The number of sulfonamides is 1. The molecular weight excluding hydrogens is 550 g/mol. The molecule has 0 saturated carbocycles. The van der Waals surface area contributed by atoms with Gasteiger partial charge >= 0.3 is 22.1 Å². The molecule has 1 aliphatic rings. The van der Waals surface area contributed by atoms with Gasteiger partial charge in [-0.15, -0.1) is 24.0 Å². The molecular formula is C15H24F5IN6O2S. The van der Waals surface area contributed by atoms with Crippen LogP contribution >= 0.6 is 24.0 Å². The number of nitrogens with one attached hydrogen (secondary N) is 2. The molecule has 1 aromatic heterocycles. The number of alkyl halides is 5. The largest absolute Gasteiger partial charge is 0.511 e. The first kappa shape index (κ1) is 26.8. The molecule has 30 heavy (non-hydrogen) atoms. The third-order valence-corrected chi connectivity index (χ3v) is 6.08. The van der Waals surface area contributed by atoms with Crippen LogP contribution in [0.15, 0.2) is 17.4 Å². The van der Waals surface area contributed by atoms with Gasteiger partial charge in [-0.25, -0.2) is 18.4 Å². The van der Waals surface area contributed by atoms with E-state index >= 15 is 0 Å². The minimum absolute atomic E-state index is 0. The summed E-state index contributed by atoms with van der Waals surface area (Å²) in [5, 5.41) is 5.96. The highest BCUT2D eigenvalue weighted by atomic mass is 127. The van der Waals surface area contributed by atoms with E-state index in [0.717, 1.165) is 6.20 Å². The van der Waals surface area contributed by atoms with Gasteiger partial charge in [0.25, 0.3) is 0 Å². The predicted molar refractivity (Wildman–Crippen MR) is 111 cm³/mol. The van der Waals surface area contributed by atoms with Crippen LogP contribution in [-0.2, 0) is 16.6 Å². The molecule has 0 aromatic carbocycles. The van der Waals surface area contributed by atoms with Gasteiger partial charge in [-0.05, 0) is 25.7 Å². The molecule has 2 N–H and O–H groups in total. The van der Waals surface area contributed by atoms with Crippen molar-refractivity contribution >= 4 is 40.0 Å². The van der Waals surface area contributed by atoms with E-state index in [0.29, 0.717) is 27.9 Å². The molecule has 15 heteroatoms. The van der Waals surface area contributed by atoms with Gasteiger partial charge in [0.2, 0.25) is 0 Å². The van der Waals surface area contributed by atoms with Crippen molar-refractivity contribution in [3.05, 3.63) is 18.2 Å². The van der Waals surface area contributed by atoms with E-state index < -0.39 is 22.1 Å². The molecule has 0 spiro atoms. The zero-order valence-electron chi connectivity index (χ0n) is 16.1. The summed E-state index contributed by atoms with van der Waals surface area (Å²) in [5.41, 5.74) is -5.30. The van der Waals surface area contributed by atoms with Gasteiger partial charge in [-0.3, -0.25) is 4.57 Å². The topological polar surface area (TPSA) is 91.6 Å². The third kappa shape index (κ3) is 6.90. The molecule has 1 aromatic rings. The van der Waals surface area contributed by atoms with Crippen LogP contribution in [0.4, 0.5) is 22.0 Å². The average molecular weight is 574 g/mol. The molecule has 1 fully saturated rings. The maximum absolute atomic E-state index is 12.8. The first-order valence-corrected chi connectivity index (χ1v) is 10.4. The Bertz CT molecular complexity index is 794. The lowest BCUT2D eigenvalue weighted by atomic mass is 9.98. The zero-order chi connectivity index (χ0) is 21.7. The highest BCUT2D eigenvalue weighted by molar-refractivity contribution is 14.0. The molecule has 2 rings (SSSR count). The fourth-order valence-corrected chi connectivity index (χ4v) is 3.86. The van der Waals surface area contributed by atoms with E-state index in [1.165, 1.54) is 6.20 Å². The molecule has 2 heterocycles. The van der Waals surface area contributed by atoms with Crippen molar-refractivity contribution in [1.82, 2.24) is 24.5 Å². The number of hydrogen-bond donors (Lipinski definition) is 2. The Morgan fingerprint density at radius 2 is 1.93 bits per heavy atom. The summed E-state index contributed by atoms with van der Waals surface area (Å²) in [6.07, 6.45) is 2.92.